The lowest BCUT2D eigenvalue weighted by Crippen LogP contribution is -2.43. The van der Waals surface area contributed by atoms with E-state index in [1.54, 1.807) is 12.1 Å². The van der Waals surface area contributed by atoms with Crippen LogP contribution < -0.4 is 32.3 Å². The van der Waals surface area contributed by atoms with Gasteiger partial charge >= 0.3 is 0 Å². The summed E-state index contributed by atoms with van der Waals surface area (Å²) in [6, 6.07) is 29.4. The molecular formula is C63H72FN13O4. The summed E-state index contributed by atoms with van der Waals surface area (Å²) < 4.78 is 14.8. The first-order valence-electron chi connectivity index (χ1n) is 27.2. The number of anilines is 3. The molecule has 4 aliphatic rings. The zero-order valence-electron chi connectivity index (χ0n) is 45.0. The molecule has 0 radical (unpaired) electrons. The van der Waals surface area contributed by atoms with Crippen LogP contribution in [0, 0.1) is 11.2 Å². The molecule has 8 N–H and O–H groups in total. The normalized spacial score (nSPS) is 15.3. The maximum Gasteiger partial charge on any atom is 0.188 e. The van der Waals surface area contributed by atoms with E-state index < -0.39 is 0 Å². The topological polar surface area (TPSA) is 247 Å². The molecule has 4 aromatic carbocycles. The molecule has 0 atom stereocenters. The van der Waals surface area contributed by atoms with E-state index in [4.69, 9.17) is 22.6 Å². The number of guanidine groups is 1. The molecule has 0 bridgehead atoms. The average Bonchev–Trinajstić information content (AvgIpc) is 3.55. The van der Waals surface area contributed by atoms with Crippen LogP contribution in [0.25, 0.3) is 11.1 Å². The van der Waals surface area contributed by atoms with E-state index in [9.17, 15) is 23.6 Å². The number of carbonyl (C=O) groups excluding carboxylic acids is 4. The molecule has 420 valence electrons. The van der Waals surface area contributed by atoms with E-state index in [1.165, 1.54) is 48.4 Å². The number of rotatable bonds is 17. The van der Waals surface area contributed by atoms with Gasteiger partial charge < -0.3 is 42.1 Å². The summed E-state index contributed by atoms with van der Waals surface area (Å²) in [6.45, 7) is 11.8. The summed E-state index contributed by atoms with van der Waals surface area (Å²) in [4.78, 5) is 76.5. The molecule has 18 heteroatoms. The first-order chi connectivity index (χ1) is 38.7. The van der Waals surface area contributed by atoms with Crippen molar-refractivity contribution in [3.63, 3.8) is 0 Å². The number of nitrogens with one attached hydrogen (secondary N) is 2. The zero-order valence-corrected chi connectivity index (χ0v) is 45.0. The lowest BCUT2D eigenvalue weighted by atomic mass is 9.96. The Morgan fingerprint density at radius 1 is 0.543 bits per heavy atom. The number of halogens is 1. The van der Waals surface area contributed by atoms with Crippen LogP contribution in [0.5, 0.6) is 0 Å². The predicted octanol–water partition coefficient (Wildman–Crippen LogP) is 7.91. The highest BCUT2D eigenvalue weighted by Crippen LogP contribution is 2.29. The van der Waals surface area contributed by atoms with Crippen LogP contribution >= 0.6 is 0 Å². The van der Waals surface area contributed by atoms with Crippen molar-refractivity contribution >= 4 is 57.3 Å². The van der Waals surface area contributed by atoms with Crippen molar-refractivity contribution in [2.24, 2.45) is 11.5 Å². The predicted molar refractivity (Wildman–Crippen MR) is 318 cm³/mol. The maximum absolute atomic E-state index is 14.8. The minimum Gasteiger partial charge on any atom is -0.397 e. The summed E-state index contributed by atoms with van der Waals surface area (Å²) in [5.74, 6) is -0.536. The molecule has 4 aliphatic heterocycles. The third-order valence-corrected chi connectivity index (χ3v) is 15.0. The van der Waals surface area contributed by atoms with Gasteiger partial charge in [-0.1, -0.05) is 86.8 Å². The molecule has 0 amide bonds. The summed E-state index contributed by atoms with van der Waals surface area (Å²) in [5, 5.41) is 10.8. The van der Waals surface area contributed by atoms with Crippen molar-refractivity contribution in [1.29, 1.82) is 5.41 Å². The van der Waals surface area contributed by atoms with Gasteiger partial charge in [-0.25, -0.2) is 24.3 Å². The molecule has 17 nitrogen and oxygen atoms in total. The van der Waals surface area contributed by atoms with Gasteiger partial charge in [0.2, 0.25) is 0 Å². The molecule has 6 heterocycles. The zero-order chi connectivity index (χ0) is 56.1. The second-order valence-electron chi connectivity index (χ2n) is 20.6. The number of nitrogens with two attached hydrogens (primary N) is 3. The maximum atomic E-state index is 14.8. The van der Waals surface area contributed by atoms with Gasteiger partial charge in [-0.3, -0.25) is 24.6 Å². The number of nitrogens with zero attached hydrogens (tertiary/aromatic N) is 8. The van der Waals surface area contributed by atoms with Crippen LogP contribution in [0.3, 0.4) is 0 Å². The Morgan fingerprint density at radius 3 is 1.38 bits per heavy atom. The summed E-state index contributed by atoms with van der Waals surface area (Å²) in [5.41, 5.74) is 28.4. The number of piperazine rings is 1. The number of benzene rings is 4. The SMILES string of the molecule is C.C=C(N)N1CC=C(c2ccc(CC(=O)c3cc(C(=O)Cc4ccc(C5=CCN(C(=N)N)CC5)cc4)ncn3)cc2)CC1.Nc1cc(CC(=O)c2cc(C(=O)Cc3ccc(N4CCNCC4)c(F)c3)ncn2)ccc1N1CCCCC1. The molecule has 2 fully saturated rings. The van der Waals surface area contributed by atoms with E-state index in [-0.39, 0.29) is 90.8 Å². The highest BCUT2D eigenvalue weighted by Gasteiger charge is 2.22. The number of ketones is 4. The number of hydrogen-bond acceptors (Lipinski definition) is 15. The van der Waals surface area contributed by atoms with Crippen molar-refractivity contribution in [1.82, 2.24) is 35.1 Å². The lowest BCUT2D eigenvalue weighted by molar-refractivity contribution is 0.0971. The Labute approximate surface area is 473 Å². The molecule has 2 saturated heterocycles. The molecule has 0 unspecified atom stereocenters. The van der Waals surface area contributed by atoms with Crippen LogP contribution in [0.2, 0.25) is 0 Å². The first-order valence-corrected chi connectivity index (χ1v) is 27.2. The number of aromatic nitrogens is 4. The average molecular weight is 1090 g/mol. The monoisotopic (exact) mass is 1090 g/mol. The molecule has 81 heavy (non-hydrogen) atoms. The Hall–Kier alpha value is -8.90. The number of nitrogen functional groups attached to an aromatic ring is 1. The van der Waals surface area contributed by atoms with E-state index in [1.807, 2.05) is 81.4 Å². The Morgan fingerprint density at radius 2 is 0.963 bits per heavy atom. The van der Waals surface area contributed by atoms with E-state index >= 15 is 0 Å². The molecule has 10 rings (SSSR count). The third kappa shape index (κ3) is 15.3. The Balaban J connectivity index is 0.000000211. The standard InChI is InChI=1S/C33H35N7O2.C29H33FN6O2.CH4/c1-22(34)39-14-10-27(11-15-39)25-6-2-23(3-7-25)18-31(41)29-20-30(38-21-37-29)32(42)19-24-4-8-26(9-5-24)28-12-16-40(17-13-28)33(35)36;30-22-14-20(4-6-26(22)36-12-8-32-9-13-36)16-28(37)24-18-25(34-19-33-24)29(38)17-21-5-7-27(23(31)15-21)35-10-2-1-3-11-35;/h2-10,12,20-21H,1,11,13-19,34H2,(H3,35,36);4-7,14-15,18-19,32H,1-3,8-13,16-17,31H2;1H4. The van der Waals surface area contributed by atoms with Gasteiger partial charge in [0.15, 0.2) is 29.1 Å². The fourth-order valence-corrected chi connectivity index (χ4v) is 10.4. The number of Topliss-reactive ketones (excluding diaryl/α,β-unsaturated/α-hetero) is 4. The smallest absolute Gasteiger partial charge is 0.188 e. The summed E-state index contributed by atoms with van der Waals surface area (Å²) in [6.07, 6.45) is 12.5. The van der Waals surface area contributed by atoms with Gasteiger partial charge in [0.25, 0.3) is 0 Å². The fourth-order valence-electron chi connectivity index (χ4n) is 10.4. The van der Waals surface area contributed by atoms with Crippen LogP contribution in [-0.4, -0.2) is 124 Å². The van der Waals surface area contributed by atoms with Crippen LogP contribution in [-0.2, 0) is 25.7 Å². The molecule has 6 aromatic rings. The first kappa shape index (κ1) is 58.3. The van der Waals surface area contributed by atoms with E-state index in [0.717, 1.165) is 112 Å². The third-order valence-electron chi connectivity index (χ3n) is 15.0. The van der Waals surface area contributed by atoms with Crippen molar-refractivity contribution < 1.29 is 23.6 Å². The molecule has 0 aliphatic carbocycles. The van der Waals surface area contributed by atoms with Gasteiger partial charge in [-0.15, -0.1) is 0 Å². The second-order valence-corrected chi connectivity index (χ2v) is 20.6. The van der Waals surface area contributed by atoms with E-state index in [2.05, 4.69) is 48.9 Å². The van der Waals surface area contributed by atoms with Gasteiger partial charge in [0.1, 0.15) is 41.2 Å². The highest BCUT2D eigenvalue weighted by molar-refractivity contribution is 6.01. The second kappa shape index (κ2) is 27.3. The van der Waals surface area contributed by atoms with Crippen LogP contribution in [0.4, 0.5) is 21.5 Å². The minimum absolute atomic E-state index is 0. The van der Waals surface area contributed by atoms with Crippen LogP contribution in [0.15, 0.2) is 134 Å². The number of carbonyl (C=O) groups is 4. The van der Waals surface area contributed by atoms with Crippen molar-refractivity contribution in [3.8, 4) is 0 Å². The quantitative estimate of drug-likeness (QED) is 0.0252. The van der Waals surface area contributed by atoms with E-state index in [0.29, 0.717) is 35.8 Å². The Kier molecular flexibility index (Phi) is 19.6. The summed E-state index contributed by atoms with van der Waals surface area (Å²) >= 11 is 0. The van der Waals surface area contributed by atoms with Gasteiger partial charge in [0, 0.05) is 91.1 Å². The molecule has 2 aromatic heterocycles. The van der Waals surface area contributed by atoms with Crippen molar-refractivity contribution in [2.45, 2.75) is 65.2 Å². The fraction of sp³-hybridized carbons (Fsp3) is 0.317. The largest absolute Gasteiger partial charge is 0.397 e. The number of hydrogen-bond donors (Lipinski definition) is 5. The molecule has 0 spiro atoms. The van der Waals surface area contributed by atoms with Crippen molar-refractivity contribution in [2.75, 3.05) is 81.0 Å². The molecular weight excluding hydrogens is 1020 g/mol. The summed E-state index contributed by atoms with van der Waals surface area (Å²) in [7, 11) is 0. The minimum atomic E-state index is -0.346. The molecule has 0 saturated carbocycles. The lowest BCUT2D eigenvalue weighted by Gasteiger charge is -2.30. The van der Waals surface area contributed by atoms with Crippen molar-refractivity contribution in [3.05, 3.63) is 196 Å². The Bertz CT molecular complexity index is 3120. The van der Waals surface area contributed by atoms with Gasteiger partial charge in [-0.2, -0.15) is 0 Å². The van der Waals surface area contributed by atoms with Gasteiger partial charge in [-0.05, 0) is 113 Å². The van der Waals surface area contributed by atoms with Crippen LogP contribution in [0.1, 0.15) is 115 Å². The highest BCUT2D eigenvalue weighted by atomic mass is 19.1. The van der Waals surface area contributed by atoms with Gasteiger partial charge in [0.05, 0.1) is 22.9 Å². The number of piperidine rings is 1.